The minimum atomic E-state index is -0.667. The molecule has 4 nitrogen and oxygen atoms in total. The van der Waals surface area contributed by atoms with Crippen LogP contribution in [0.3, 0.4) is 0 Å². The van der Waals surface area contributed by atoms with E-state index >= 15 is 0 Å². The lowest BCUT2D eigenvalue weighted by atomic mass is 10.1. The van der Waals surface area contributed by atoms with E-state index < -0.39 is 11.6 Å². The third kappa shape index (κ3) is 3.52. The zero-order valence-electron chi connectivity index (χ0n) is 11.3. The number of nitrogens with zero attached hydrogens (tertiary/aromatic N) is 2. The van der Waals surface area contributed by atoms with Crippen molar-refractivity contribution < 1.29 is 13.6 Å². The molecule has 0 unspecified atom stereocenters. The van der Waals surface area contributed by atoms with E-state index in [0.29, 0.717) is 19.6 Å². The summed E-state index contributed by atoms with van der Waals surface area (Å²) in [7, 11) is 0. The molecule has 2 N–H and O–H groups in total. The van der Waals surface area contributed by atoms with Crippen LogP contribution in [0.1, 0.15) is 5.56 Å². The summed E-state index contributed by atoms with van der Waals surface area (Å²) in [5, 5.41) is 0. The predicted octanol–water partition coefficient (Wildman–Crippen LogP) is 0.610. The first-order valence-corrected chi connectivity index (χ1v) is 6.75. The average Bonchev–Trinajstić information content (AvgIpc) is 2.44. The molecule has 0 aromatic heterocycles. The number of benzene rings is 1. The fraction of sp³-hybridized carbons (Fsp3) is 0.500. The van der Waals surface area contributed by atoms with Crippen molar-refractivity contribution in [3.8, 4) is 0 Å². The number of amides is 1. The van der Waals surface area contributed by atoms with E-state index in [0.717, 1.165) is 19.6 Å². The van der Waals surface area contributed by atoms with Gasteiger partial charge in [0.1, 0.15) is 11.6 Å². The molecule has 1 heterocycles. The van der Waals surface area contributed by atoms with Gasteiger partial charge in [-0.25, -0.2) is 8.78 Å². The van der Waals surface area contributed by atoms with Crippen LogP contribution in [-0.2, 0) is 11.2 Å². The molecular formula is C14H19F2N3O. The molecule has 0 aliphatic carbocycles. The molecule has 0 bridgehead atoms. The van der Waals surface area contributed by atoms with Gasteiger partial charge in [-0.1, -0.05) is 6.07 Å². The minimum absolute atomic E-state index is 0.151. The van der Waals surface area contributed by atoms with Crippen LogP contribution in [0.4, 0.5) is 8.78 Å². The van der Waals surface area contributed by atoms with Gasteiger partial charge in [0.15, 0.2) is 0 Å². The quantitative estimate of drug-likeness (QED) is 0.881. The van der Waals surface area contributed by atoms with Crippen LogP contribution in [-0.4, -0.2) is 55.0 Å². The Morgan fingerprint density at radius 3 is 2.30 bits per heavy atom. The van der Waals surface area contributed by atoms with Gasteiger partial charge in [-0.3, -0.25) is 9.69 Å². The van der Waals surface area contributed by atoms with Crippen LogP contribution in [0.2, 0.25) is 0 Å². The van der Waals surface area contributed by atoms with Crippen molar-refractivity contribution in [3.05, 3.63) is 35.4 Å². The number of hydrogen-bond donors (Lipinski definition) is 1. The molecule has 1 amide bonds. The number of halogens is 2. The summed E-state index contributed by atoms with van der Waals surface area (Å²) >= 11 is 0. The van der Waals surface area contributed by atoms with Gasteiger partial charge in [-0.05, 0) is 12.1 Å². The first kappa shape index (κ1) is 14.9. The second-order valence-electron chi connectivity index (χ2n) is 4.89. The molecule has 0 atom stereocenters. The Hall–Kier alpha value is -1.53. The third-order valence-corrected chi connectivity index (χ3v) is 3.56. The fourth-order valence-corrected chi connectivity index (χ4v) is 2.37. The molecule has 1 aromatic rings. The summed E-state index contributed by atoms with van der Waals surface area (Å²) in [5.41, 5.74) is 5.33. The van der Waals surface area contributed by atoms with Crippen LogP contribution in [0.25, 0.3) is 0 Å². The SMILES string of the molecule is NCCN1CCN(C(=O)Cc2c(F)cccc2F)CC1. The highest BCUT2D eigenvalue weighted by molar-refractivity contribution is 5.79. The van der Waals surface area contributed by atoms with Gasteiger partial charge in [0.25, 0.3) is 0 Å². The highest BCUT2D eigenvalue weighted by atomic mass is 19.1. The van der Waals surface area contributed by atoms with E-state index in [-0.39, 0.29) is 17.9 Å². The molecule has 20 heavy (non-hydrogen) atoms. The summed E-state index contributed by atoms with van der Waals surface area (Å²) in [6, 6.07) is 3.64. The average molecular weight is 283 g/mol. The largest absolute Gasteiger partial charge is 0.340 e. The molecular weight excluding hydrogens is 264 g/mol. The Balaban J connectivity index is 1.93. The van der Waals surface area contributed by atoms with Gasteiger partial charge >= 0.3 is 0 Å². The lowest BCUT2D eigenvalue weighted by Crippen LogP contribution is -2.50. The number of piperazine rings is 1. The molecule has 0 spiro atoms. The maximum Gasteiger partial charge on any atom is 0.227 e. The van der Waals surface area contributed by atoms with Gasteiger partial charge in [-0.2, -0.15) is 0 Å². The van der Waals surface area contributed by atoms with Gasteiger partial charge in [-0.15, -0.1) is 0 Å². The zero-order chi connectivity index (χ0) is 14.5. The minimum Gasteiger partial charge on any atom is -0.340 e. The molecule has 110 valence electrons. The Kier molecular flexibility index (Phi) is 5.03. The van der Waals surface area contributed by atoms with Gasteiger partial charge in [0, 0.05) is 44.8 Å². The molecule has 0 radical (unpaired) electrons. The standard InChI is InChI=1S/C14H19F2N3O/c15-12-2-1-3-13(16)11(12)10-14(20)19-8-6-18(5-4-17)7-9-19/h1-3H,4-10,17H2. The van der Waals surface area contributed by atoms with Crippen molar-refractivity contribution in [1.82, 2.24) is 9.80 Å². The monoisotopic (exact) mass is 283 g/mol. The summed E-state index contributed by atoms with van der Waals surface area (Å²) < 4.78 is 27.0. The van der Waals surface area contributed by atoms with Crippen molar-refractivity contribution in [2.45, 2.75) is 6.42 Å². The molecule has 1 aliphatic rings. The molecule has 1 fully saturated rings. The van der Waals surface area contributed by atoms with Crippen molar-refractivity contribution in [3.63, 3.8) is 0 Å². The maximum absolute atomic E-state index is 13.5. The Bertz CT molecular complexity index is 453. The van der Waals surface area contributed by atoms with E-state index in [1.54, 1.807) is 4.90 Å². The second-order valence-corrected chi connectivity index (χ2v) is 4.89. The van der Waals surface area contributed by atoms with Crippen LogP contribution in [0.5, 0.6) is 0 Å². The van der Waals surface area contributed by atoms with Crippen molar-refractivity contribution in [2.24, 2.45) is 5.73 Å². The van der Waals surface area contributed by atoms with E-state index in [1.165, 1.54) is 18.2 Å². The molecule has 1 saturated heterocycles. The van der Waals surface area contributed by atoms with Crippen molar-refractivity contribution >= 4 is 5.91 Å². The number of rotatable bonds is 4. The molecule has 0 saturated carbocycles. The molecule has 2 rings (SSSR count). The van der Waals surface area contributed by atoms with Crippen LogP contribution in [0.15, 0.2) is 18.2 Å². The van der Waals surface area contributed by atoms with E-state index in [1.807, 2.05) is 0 Å². The molecule has 6 heteroatoms. The lowest BCUT2D eigenvalue weighted by molar-refractivity contribution is -0.132. The molecule has 1 aromatic carbocycles. The fourth-order valence-electron chi connectivity index (χ4n) is 2.37. The van der Waals surface area contributed by atoms with Gasteiger partial charge < -0.3 is 10.6 Å². The lowest BCUT2D eigenvalue weighted by Gasteiger charge is -2.34. The van der Waals surface area contributed by atoms with Crippen LogP contribution < -0.4 is 5.73 Å². The molecule has 1 aliphatic heterocycles. The summed E-state index contributed by atoms with van der Waals surface area (Å²) in [5.74, 6) is -1.57. The number of carbonyl (C=O) groups excluding carboxylic acids is 1. The first-order chi connectivity index (χ1) is 9.61. The van der Waals surface area contributed by atoms with Crippen LogP contribution >= 0.6 is 0 Å². The summed E-state index contributed by atoms with van der Waals surface area (Å²) in [6.45, 7) is 4.06. The van der Waals surface area contributed by atoms with E-state index in [9.17, 15) is 13.6 Å². The third-order valence-electron chi connectivity index (χ3n) is 3.56. The smallest absolute Gasteiger partial charge is 0.227 e. The van der Waals surface area contributed by atoms with Crippen molar-refractivity contribution in [1.29, 1.82) is 0 Å². The van der Waals surface area contributed by atoms with E-state index in [2.05, 4.69) is 4.90 Å². The Morgan fingerprint density at radius 2 is 1.75 bits per heavy atom. The zero-order valence-corrected chi connectivity index (χ0v) is 11.3. The first-order valence-electron chi connectivity index (χ1n) is 6.75. The number of carbonyl (C=O) groups is 1. The van der Waals surface area contributed by atoms with Crippen molar-refractivity contribution in [2.75, 3.05) is 39.3 Å². The summed E-state index contributed by atoms with van der Waals surface area (Å²) in [6.07, 6.45) is -0.227. The number of nitrogens with two attached hydrogens (primary N) is 1. The highest BCUT2D eigenvalue weighted by Crippen LogP contribution is 2.14. The Labute approximate surface area is 117 Å². The maximum atomic E-state index is 13.5. The predicted molar refractivity (Wildman–Crippen MR) is 72.1 cm³/mol. The Morgan fingerprint density at radius 1 is 1.15 bits per heavy atom. The highest BCUT2D eigenvalue weighted by Gasteiger charge is 2.22. The van der Waals surface area contributed by atoms with E-state index in [4.69, 9.17) is 5.73 Å². The summed E-state index contributed by atoms with van der Waals surface area (Å²) in [4.78, 5) is 15.9. The number of hydrogen-bond acceptors (Lipinski definition) is 3. The second kappa shape index (κ2) is 6.76. The van der Waals surface area contributed by atoms with Crippen LogP contribution in [0, 0.1) is 11.6 Å². The van der Waals surface area contributed by atoms with Gasteiger partial charge in [0.05, 0.1) is 6.42 Å². The van der Waals surface area contributed by atoms with Gasteiger partial charge in [0.2, 0.25) is 5.91 Å². The topological polar surface area (TPSA) is 49.6 Å². The normalized spacial score (nSPS) is 16.4.